The third-order valence-corrected chi connectivity index (χ3v) is 6.22. The van der Waals surface area contributed by atoms with E-state index in [0.29, 0.717) is 24.5 Å². The predicted molar refractivity (Wildman–Crippen MR) is 137 cm³/mol. The maximum Gasteiger partial charge on any atom is 0.243 e. The third kappa shape index (κ3) is 7.44. The van der Waals surface area contributed by atoms with Crippen LogP contribution >= 0.6 is 27.5 Å². The maximum atomic E-state index is 13.6. The van der Waals surface area contributed by atoms with Crippen LogP contribution in [0.25, 0.3) is 0 Å². The van der Waals surface area contributed by atoms with Crippen LogP contribution in [0.5, 0.6) is 0 Å². The van der Waals surface area contributed by atoms with Crippen LogP contribution in [0.4, 0.5) is 0 Å². The van der Waals surface area contributed by atoms with Gasteiger partial charge < -0.3 is 10.2 Å². The van der Waals surface area contributed by atoms with Crippen molar-refractivity contribution in [2.75, 3.05) is 6.54 Å². The Bertz CT molecular complexity index is 1070. The van der Waals surface area contributed by atoms with Crippen LogP contribution in [-0.2, 0) is 29.0 Å². The average molecular weight is 528 g/mol. The van der Waals surface area contributed by atoms with E-state index in [1.807, 2.05) is 79.7 Å². The van der Waals surface area contributed by atoms with E-state index >= 15 is 0 Å². The number of nitrogens with one attached hydrogen (secondary N) is 1. The molecular formula is C27H28BrClN2O2. The summed E-state index contributed by atoms with van der Waals surface area (Å²) in [7, 11) is 0. The van der Waals surface area contributed by atoms with E-state index < -0.39 is 6.04 Å². The minimum absolute atomic E-state index is 0.125. The Labute approximate surface area is 209 Å². The van der Waals surface area contributed by atoms with Gasteiger partial charge in [0.25, 0.3) is 0 Å². The Balaban J connectivity index is 1.96. The topological polar surface area (TPSA) is 49.4 Å². The summed E-state index contributed by atoms with van der Waals surface area (Å²) >= 11 is 9.84. The molecule has 0 bridgehead atoms. The molecular weight excluding hydrogens is 500 g/mol. The predicted octanol–water partition coefficient (Wildman–Crippen LogP) is 5.81. The van der Waals surface area contributed by atoms with E-state index in [4.69, 9.17) is 11.6 Å². The minimum Gasteiger partial charge on any atom is -0.354 e. The van der Waals surface area contributed by atoms with Crippen molar-refractivity contribution in [1.82, 2.24) is 10.2 Å². The van der Waals surface area contributed by atoms with Gasteiger partial charge in [-0.3, -0.25) is 9.59 Å². The second-order valence-electron chi connectivity index (χ2n) is 7.92. The van der Waals surface area contributed by atoms with Crippen LogP contribution in [0.1, 0.15) is 30.0 Å². The molecule has 0 aromatic heterocycles. The zero-order chi connectivity index (χ0) is 23.6. The molecule has 172 valence electrons. The lowest BCUT2D eigenvalue weighted by Gasteiger charge is -2.32. The van der Waals surface area contributed by atoms with Crippen LogP contribution in [0.3, 0.4) is 0 Å². The quantitative estimate of drug-likeness (QED) is 0.362. The molecule has 4 nitrogen and oxygen atoms in total. The smallest absolute Gasteiger partial charge is 0.243 e. The largest absolute Gasteiger partial charge is 0.354 e. The van der Waals surface area contributed by atoms with Crippen LogP contribution in [0.15, 0.2) is 83.3 Å². The Morgan fingerprint density at radius 1 is 0.970 bits per heavy atom. The van der Waals surface area contributed by atoms with E-state index in [2.05, 4.69) is 21.2 Å². The molecule has 0 heterocycles. The van der Waals surface area contributed by atoms with E-state index in [-0.39, 0.29) is 18.2 Å². The highest BCUT2D eigenvalue weighted by atomic mass is 79.9. The molecule has 0 spiro atoms. The van der Waals surface area contributed by atoms with Crippen molar-refractivity contribution in [3.63, 3.8) is 0 Å². The van der Waals surface area contributed by atoms with Crippen molar-refractivity contribution in [1.29, 1.82) is 0 Å². The summed E-state index contributed by atoms with van der Waals surface area (Å²) in [6, 6.07) is 24.3. The molecule has 0 aliphatic rings. The number of hydrogen-bond donors (Lipinski definition) is 1. The molecule has 0 radical (unpaired) electrons. The Morgan fingerprint density at radius 3 is 2.36 bits per heavy atom. The highest BCUT2D eigenvalue weighted by Gasteiger charge is 2.30. The lowest BCUT2D eigenvalue weighted by Crippen LogP contribution is -2.51. The Morgan fingerprint density at radius 2 is 1.67 bits per heavy atom. The van der Waals surface area contributed by atoms with Crippen molar-refractivity contribution in [2.45, 2.75) is 38.8 Å². The van der Waals surface area contributed by atoms with Crippen molar-refractivity contribution in [2.24, 2.45) is 0 Å². The molecule has 0 fully saturated rings. The zero-order valence-corrected chi connectivity index (χ0v) is 21.0. The van der Waals surface area contributed by atoms with Gasteiger partial charge in [0.05, 0.1) is 6.42 Å². The van der Waals surface area contributed by atoms with Crippen molar-refractivity contribution in [3.8, 4) is 0 Å². The molecule has 2 amide bonds. The lowest BCUT2D eigenvalue weighted by atomic mass is 10.0. The van der Waals surface area contributed by atoms with Gasteiger partial charge in [-0.15, -0.1) is 0 Å². The highest BCUT2D eigenvalue weighted by molar-refractivity contribution is 9.10. The van der Waals surface area contributed by atoms with Crippen molar-refractivity contribution in [3.05, 3.63) is 105 Å². The number of benzene rings is 3. The van der Waals surface area contributed by atoms with Crippen molar-refractivity contribution >= 4 is 39.3 Å². The molecule has 1 N–H and O–H groups in total. The van der Waals surface area contributed by atoms with Crippen LogP contribution in [0, 0.1) is 0 Å². The number of rotatable bonds is 10. The monoisotopic (exact) mass is 526 g/mol. The molecule has 3 aromatic rings. The first-order valence-electron chi connectivity index (χ1n) is 11.1. The lowest BCUT2D eigenvalue weighted by molar-refractivity contribution is -0.140. The molecule has 1 unspecified atom stereocenters. The summed E-state index contributed by atoms with van der Waals surface area (Å²) in [6.45, 7) is 2.89. The molecule has 0 aliphatic carbocycles. The molecule has 1 atom stereocenters. The average Bonchev–Trinajstić information content (AvgIpc) is 2.82. The second kappa shape index (κ2) is 12.6. The van der Waals surface area contributed by atoms with E-state index in [9.17, 15) is 9.59 Å². The van der Waals surface area contributed by atoms with E-state index in [1.165, 1.54) is 0 Å². The van der Waals surface area contributed by atoms with Gasteiger partial charge in [0.1, 0.15) is 6.04 Å². The highest BCUT2D eigenvalue weighted by Crippen LogP contribution is 2.21. The van der Waals surface area contributed by atoms with Crippen LogP contribution in [0.2, 0.25) is 5.02 Å². The molecule has 33 heavy (non-hydrogen) atoms. The second-order valence-corrected chi connectivity index (χ2v) is 9.24. The van der Waals surface area contributed by atoms with Gasteiger partial charge in [0.15, 0.2) is 0 Å². The molecule has 0 saturated carbocycles. The van der Waals surface area contributed by atoms with Gasteiger partial charge in [-0.25, -0.2) is 0 Å². The fourth-order valence-electron chi connectivity index (χ4n) is 3.66. The van der Waals surface area contributed by atoms with E-state index in [1.54, 1.807) is 11.0 Å². The summed E-state index contributed by atoms with van der Waals surface area (Å²) in [5.74, 6) is -0.293. The van der Waals surface area contributed by atoms with Gasteiger partial charge in [0, 0.05) is 29.0 Å². The standard InChI is InChI=1S/C27H28BrClN2O2/c1-2-15-30-27(33)25(17-20-9-4-3-5-10-20)31(19-21-11-8-13-23(28)16-21)26(32)18-22-12-6-7-14-24(22)29/h3-14,16,25H,2,15,17-19H2,1H3,(H,30,33). The summed E-state index contributed by atoms with van der Waals surface area (Å²) in [5.41, 5.74) is 2.69. The number of halogens is 2. The Kier molecular flexibility index (Phi) is 9.52. The van der Waals surface area contributed by atoms with E-state index in [0.717, 1.165) is 27.6 Å². The first-order chi connectivity index (χ1) is 16.0. The third-order valence-electron chi connectivity index (χ3n) is 5.36. The van der Waals surface area contributed by atoms with Gasteiger partial charge in [-0.1, -0.05) is 95.1 Å². The first-order valence-corrected chi connectivity index (χ1v) is 12.2. The zero-order valence-electron chi connectivity index (χ0n) is 18.6. The molecule has 3 rings (SSSR count). The summed E-state index contributed by atoms with van der Waals surface area (Å²) in [4.78, 5) is 28.6. The number of carbonyl (C=O) groups excluding carboxylic acids is 2. The summed E-state index contributed by atoms with van der Waals surface area (Å²) < 4.78 is 0.925. The molecule has 3 aromatic carbocycles. The van der Waals surface area contributed by atoms with Crippen LogP contribution < -0.4 is 5.32 Å². The van der Waals surface area contributed by atoms with Gasteiger partial charge in [-0.2, -0.15) is 0 Å². The fraction of sp³-hybridized carbons (Fsp3) is 0.259. The van der Waals surface area contributed by atoms with Gasteiger partial charge >= 0.3 is 0 Å². The number of carbonyl (C=O) groups is 2. The first kappa shape index (κ1) is 25.0. The van der Waals surface area contributed by atoms with Crippen molar-refractivity contribution < 1.29 is 9.59 Å². The van der Waals surface area contributed by atoms with Crippen LogP contribution in [-0.4, -0.2) is 29.3 Å². The minimum atomic E-state index is -0.645. The summed E-state index contributed by atoms with van der Waals surface area (Å²) in [5, 5.41) is 3.54. The Hall–Kier alpha value is -2.63. The molecule has 6 heteroatoms. The fourth-order valence-corrected chi connectivity index (χ4v) is 4.31. The normalized spacial score (nSPS) is 11.6. The van der Waals surface area contributed by atoms with Gasteiger partial charge in [0.2, 0.25) is 11.8 Å². The number of nitrogens with zero attached hydrogens (tertiary/aromatic N) is 1. The summed E-state index contributed by atoms with van der Waals surface area (Å²) in [6.07, 6.45) is 1.38. The van der Waals surface area contributed by atoms with Gasteiger partial charge in [-0.05, 0) is 41.3 Å². The SMILES string of the molecule is CCCNC(=O)C(Cc1ccccc1)N(Cc1cccc(Br)c1)C(=O)Cc1ccccc1Cl. The number of amides is 2. The molecule has 0 saturated heterocycles. The number of hydrogen-bond acceptors (Lipinski definition) is 2. The molecule has 0 aliphatic heterocycles. The maximum absolute atomic E-state index is 13.6.